The fourth-order valence-electron chi connectivity index (χ4n) is 2.32. The smallest absolute Gasteiger partial charge is 0.106 e. The number of nitrogens with zero attached hydrogens (tertiary/aromatic N) is 3. The lowest BCUT2D eigenvalue weighted by atomic mass is 10.00. The van der Waals surface area contributed by atoms with Crippen molar-refractivity contribution >= 4 is 11.0 Å². The fourth-order valence-corrected chi connectivity index (χ4v) is 2.32. The third kappa shape index (κ3) is 1.78. The lowest BCUT2D eigenvalue weighted by molar-refractivity contribution is 0.886. The second kappa shape index (κ2) is 4.25. The Morgan fingerprint density at radius 1 is 1.16 bits per heavy atom. The van der Waals surface area contributed by atoms with Crippen LogP contribution >= 0.6 is 0 Å². The zero-order chi connectivity index (χ0) is 13.4. The first-order valence-corrected chi connectivity index (χ1v) is 6.13. The quantitative estimate of drug-likeness (QED) is 0.661. The van der Waals surface area contributed by atoms with E-state index in [1.807, 2.05) is 50.4 Å². The number of imidazole rings is 1. The number of fused-ring (bicyclic) bond motifs is 1. The zero-order valence-corrected chi connectivity index (χ0v) is 10.9. The van der Waals surface area contributed by atoms with Gasteiger partial charge in [0, 0.05) is 7.05 Å². The van der Waals surface area contributed by atoms with Crippen molar-refractivity contribution in [2.24, 2.45) is 7.05 Å². The van der Waals surface area contributed by atoms with Crippen LogP contribution in [-0.4, -0.2) is 9.55 Å². The number of hydrogen-bond acceptors (Lipinski definition) is 2. The van der Waals surface area contributed by atoms with Gasteiger partial charge in [-0.1, -0.05) is 24.3 Å². The van der Waals surface area contributed by atoms with Crippen LogP contribution < -0.4 is 0 Å². The summed E-state index contributed by atoms with van der Waals surface area (Å²) >= 11 is 0. The van der Waals surface area contributed by atoms with Crippen LogP contribution in [0.5, 0.6) is 0 Å². The molecule has 3 aromatic rings. The topological polar surface area (TPSA) is 41.6 Å². The lowest BCUT2D eigenvalue weighted by Gasteiger charge is -2.04. The number of benzene rings is 2. The number of aryl methyl sites for hydroxylation is 2. The van der Waals surface area contributed by atoms with Crippen LogP contribution in [0.3, 0.4) is 0 Å². The van der Waals surface area contributed by atoms with E-state index in [0.717, 1.165) is 28.0 Å². The average molecular weight is 247 g/mol. The molecule has 0 aliphatic rings. The molecule has 92 valence electrons. The Morgan fingerprint density at radius 3 is 2.74 bits per heavy atom. The van der Waals surface area contributed by atoms with E-state index >= 15 is 0 Å². The fraction of sp³-hybridized carbons (Fsp3) is 0.125. The van der Waals surface area contributed by atoms with Gasteiger partial charge in [0.2, 0.25) is 0 Å². The maximum atomic E-state index is 9.17. The van der Waals surface area contributed by atoms with Gasteiger partial charge in [-0.05, 0) is 36.2 Å². The molecule has 0 saturated heterocycles. The van der Waals surface area contributed by atoms with Gasteiger partial charge >= 0.3 is 0 Å². The molecule has 1 heterocycles. The van der Waals surface area contributed by atoms with Gasteiger partial charge in [-0.15, -0.1) is 0 Å². The first kappa shape index (κ1) is 11.5. The predicted molar refractivity (Wildman–Crippen MR) is 75.6 cm³/mol. The van der Waals surface area contributed by atoms with E-state index in [-0.39, 0.29) is 0 Å². The van der Waals surface area contributed by atoms with E-state index in [1.54, 1.807) is 0 Å². The Labute approximate surface area is 111 Å². The summed E-state index contributed by atoms with van der Waals surface area (Å²) in [7, 11) is 2.01. The minimum atomic E-state index is 0.689. The van der Waals surface area contributed by atoms with E-state index in [4.69, 9.17) is 0 Å². The normalized spacial score (nSPS) is 10.6. The molecule has 0 radical (unpaired) electrons. The molecule has 0 spiro atoms. The molecule has 3 nitrogen and oxygen atoms in total. The van der Waals surface area contributed by atoms with Crippen molar-refractivity contribution in [3.8, 4) is 17.2 Å². The van der Waals surface area contributed by atoms with Crippen LogP contribution in [0.4, 0.5) is 0 Å². The highest BCUT2D eigenvalue weighted by molar-refractivity contribution is 5.84. The van der Waals surface area contributed by atoms with E-state index in [2.05, 4.69) is 21.7 Å². The number of hydrogen-bond donors (Lipinski definition) is 0. The second-order valence-corrected chi connectivity index (χ2v) is 4.58. The van der Waals surface area contributed by atoms with Gasteiger partial charge in [0.25, 0.3) is 0 Å². The summed E-state index contributed by atoms with van der Waals surface area (Å²) in [6.45, 7) is 1.99. The molecule has 0 aliphatic heterocycles. The third-order valence-electron chi connectivity index (χ3n) is 3.46. The first-order valence-electron chi connectivity index (χ1n) is 6.13. The molecule has 0 saturated carbocycles. The van der Waals surface area contributed by atoms with Gasteiger partial charge in [0.15, 0.2) is 0 Å². The van der Waals surface area contributed by atoms with E-state index in [9.17, 15) is 5.26 Å². The maximum absolute atomic E-state index is 9.17. The Hall–Kier alpha value is -2.60. The molecule has 1 aromatic heterocycles. The van der Waals surface area contributed by atoms with Gasteiger partial charge < -0.3 is 4.57 Å². The van der Waals surface area contributed by atoms with Crippen molar-refractivity contribution in [3.63, 3.8) is 0 Å². The van der Waals surface area contributed by atoms with E-state index in [1.165, 1.54) is 0 Å². The number of nitriles is 1. The highest BCUT2D eigenvalue weighted by Gasteiger charge is 2.08. The van der Waals surface area contributed by atoms with Crippen molar-refractivity contribution in [2.45, 2.75) is 6.92 Å². The van der Waals surface area contributed by atoms with Gasteiger partial charge in [0.1, 0.15) is 5.82 Å². The molecule has 0 unspecified atom stereocenters. The van der Waals surface area contributed by atoms with Gasteiger partial charge in [-0.2, -0.15) is 5.26 Å². The van der Waals surface area contributed by atoms with Crippen LogP contribution in [0, 0.1) is 18.3 Å². The van der Waals surface area contributed by atoms with Crippen LogP contribution in [0.15, 0.2) is 42.5 Å². The van der Waals surface area contributed by atoms with Crippen molar-refractivity contribution < 1.29 is 0 Å². The average Bonchev–Trinajstić information content (AvgIpc) is 2.73. The summed E-state index contributed by atoms with van der Waals surface area (Å²) < 4.78 is 2.06. The summed E-state index contributed by atoms with van der Waals surface area (Å²) in [6, 6.07) is 16.0. The minimum Gasteiger partial charge on any atom is -0.331 e. The Kier molecular flexibility index (Phi) is 2.57. The van der Waals surface area contributed by atoms with E-state index in [0.29, 0.717) is 5.56 Å². The summed E-state index contributed by atoms with van der Waals surface area (Å²) in [5.41, 5.74) is 4.74. The SMILES string of the molecule is Cc1nc2cc(-c3ccccc3C#N)ccc2n1C. The summed E-state index contributed by atoms with van der Waals surface area (Å²) in [4.78, 5) is 4.53. The summed E-state index contributed by atoms with van der Waals surface area (Å²) in [6.07, 6.45) is 0. The molecule has 3 rings (SSSR count). The highest BCUT2D eigenvalue weighted by atomic mass is 15.0. The first-order chi connectivity index (χ1) is 9.20. The Bertz CT molecular complexity index is 806. The second-order valence-electron chi connectivity index (χ2n) is 4.58. The Morgan fingerprint density at radius 2 is 1.95 bits per heavy atom. The molecule has 2 aromatic carbocycles. The van der Waals surface area contributed by atoms with Gasteiger partial charge in [-0.25, -0.2) is 4.98 Å². The molecule has 0 aliphatic carbocycles. The summed E-state index contributed by atoms with van der Waals surface area (Å²) in [5, 5.41) is 9.17. The lowest BCUT2D eigenvalue weighted by Crippen LogP contribution is -1.90. The van der Waals surface area contributed by atoms with Crippen LogP contribution in [0.1, 0.15) is 11.4 Å². The van der Waals surface area contributed by atoms with Gasteiger partial charge in [-0.3, -0.25) is 0 Å². The third-order valence-corrected chi connectivity index (χ3v) is 3.46. The van der Waals surface area contributed by atoms with Crippen LogP contribution in [0.2, 0.25) is 0 Å². The zero-order valence-electron chi connectivity index (χ0n) is 10.9. The molecule has 0 fully saturated rings. The molecule has 3 heteroatoms. The standard InChI is InChI=1S/C16H13N3/c1-11-18-15-9-12(7-8-16(15)19(11)2)14-6-4-3-5-13(14)10-17/h3-9H,1-2H3. The van der Waals surface area contributed by atoms with Crippen molar-refractivity contribution in [1.82, 2.24) is 9.55 Å². The largest absolute Gasteiger partial charge is 0.331 e. The Balaban J connectivity index is 2.24. The molecular weight excluding hydrogens is 234 g/mol. The minimum absolute atomic E-state index is 0.689. The van der Waals surface area contributed by atoms with Gasteiger partial charge in [0.05, 0.1) is 22.7 Å². The van der Waals surface area contributed by atoms with Crippen LogP contribution in [-0.2, 0) is 7.05 Å². The number of aromatic nitrogens is 2. The summed E-state index contributed by atoms with van der Waals surface area (Å²) in [5.74, 6) is 0.987. The van der Waals surface area contributed by atoms with Crippen LogP contribution in [0.25, 0.3) is 22.2 Å². The number of rotatable bonds is 1. The molecule has 0 N–H and O–H groups in total. The molecule has 0 bridgehead atoms. The predicted octanol–water partition coefficient (Wildman–Crippen LogP) is 3.42. The molecule has 0 atom stereocenters. The monoisotopic (exact) mass is 247 g/mol. The van der Waals surface area contributed by atoms with Crippen molar-refractivity contribution in [1.29, 1.82) is 5.26 Å². The maximum Gasteiger partial charge on any atom is 0.106 e. The molecule has 19 heavy (non-hydrogen) atoms. The highest BCUT2D eigenvalue weighted by Crippen LogP contribution is 2.26. The van der Waals surface area contributed by atoms with Crippen molar-refractivity contribution in [3.05, 3.63) is 53.9 Å². The molecule has 0 amide bonds. The van der Waals surface area contributed by atoms with E-state index < -0.39 is 0 Å². The van der Waals surface area contributed by atoms with Crippen molar-refractivity contribution in [2.75, 3.05) is 0 Å². The molecular formula is C16H13N3.